The van der Waals surface area contributed by atoms with Gasteiger partial charge in [0.05, 0.1) is 5.69 Å². The van der Waals surface area contributed by atoms with Crippen LogP contribution in [0.4, 0.5) is 0 Å². The second-order valence-corrected chi connectivity index (χ2v) is 6.20. The zero-order chi connectivity index (χ0) is 16.9. The average Bonchev–Trinajstić information content (AvgIpc) is 3.01. The van der Waals surface area contributed by atoms with Crippen molar-refractivity contribution in [2.45, 2.75) is 25.7 Å². The van der Waals surface area contributed by atoms with Gasteiger partial charge < -0.3 is 5.32 Å². The summed E-state index contributed by atoms with van der Waals surface area (Å²) in [6, 6.07) is 9.64. The maximum Gasteiger partial charge on any atom is 0.264 e. The fourth-order valence-corrected chi connectivity index (χ4v) is 3.25. The van der Waals surface area contributed by atoms with E-state index in [0.717, 1.165) is 36.9 Å². The van der Waals surface area contributed by atoms with Gasteiger partial charge in [0.15, 0.2) is 0 Å². The first kappa shape index (κ1) is 16.2. The van der Waals surface area contributed by atoms with Crippen molar-refractivity contribution in [3.8, 4) is 11.3 Å². The number of aromatic nitrogens is 2. The topological polar surface area (TPSA) is 74.8 Å². The molecule has 2 N–H and O–H groups in total. The number of H-pyrrole nitrogens is 1. The Labute approximate surface area is 140 Å². The summed E-state index contributed by atoms with van der Waals surface area (Å²) in [7, 11) is 0. The molecule has 24 heavy (non-hydrogen) atoms. The maximum atomic E-state index is 11.1. The van der Waals surface area contributed by atoms with Gasteiger partial charge in [-0.05, 0) is 60.9 Å². The van der Waals surface area contributed by atoms with Crippen molar-refractivity contribution in [1.29, 1.82) is 0 Å². The van der Waals surface area contributed by atoms with Crippen LogP contribution < -0.4 is 10.9 Å². The summed E-state index contributed by atoms with van der Waals surface area (Å²) in [5.41, 5.74) is 4.38. The molecule has 1 unspecified atom stereocenters. The van der Waals surface area contributed by atoms with Gasteiger partial charge in [-0.15, -0.1) is 0 Å². The Morgan fingerprint density at radius 3 is 2.88 bits per heavy atom. The number of amides is 1. The maximum absolute atomic E-state index is 11.1. The fourth-order valence-electron chi connectivity index (χ4n) is 3.25. The van der Waals surface area contributed by atoms with Gasteiger partial charge in [0, 0.05) is 18.2 Å². The van der Waals surface area contributed by atoms with E-state index in [1.807, 2.05) is 0 Å². The van der Waals surface area contributed by atoms with E-state index in [2.05, 4.69) is 40.3 Å². The highest BCUT2D eigenvalue weighted by Gasteiger charge is 2.21. The lowest BCUT2D eigenvalue weighted by Crippen LogP contribution is -2.22. The predicted octanol–water partition coefficient (Wildman–Crippen LogP) is 2.23. The number of rotatable bonds is 6. The summed E-state index contributed by atoms with van der Waals surface area (Å²) in [6.07, 6.45) is 5.52. The number of nitrogens with one attached hydrogen (secondary N) is 2. The molecule has 0 fully saturated rings. The summed E-state index contributed by atoms with van der Waals surface area (Å²) < 4.78 is 0. The molecule has 0 bridgehead atoms. The fraction of sp³-hybridized carbons (Fsp3) is 0.316. The number of hydrogen-bond donors (Lipinski definition) is 2. The normalized spacial score (nSPS) is 15.8. The highest BCUT2D eigenvalue weighted by atomic mass is 16.1. The largest absolute Gasteiger partial charge is 0.353 e. The van der Waals surface area contributed by atoms with Gasteiger partial charge >= 0.3 is 0 Å². The summed E-state index contributed by atoms with van der Waals surface area (Å²) >= 11 is 0. The van der Waals surface area contributed by atoms with Crippen LogP contribution in [-0.4, -0.2) is 22.6 Å². The number of carbonyl (C=O) groups excluding carboxylic acids is 1. The Kier molecular flexibility index (Phi) is 4.89. The van der Waals surface area contributed by atoms with Crippen LogP contribution in [0.2, 0.25) is 0 Å². The molecular formula is C19H21N3O2. The van der Waals surface area contributed by atoms with E-state index < -0.39 is 0 Å². The molecule has 1 heterocycles. The quantitative estimate of drug-likeness (QED) is 0.632. The third-order valence-electron chi connectivity index (χ3n) is 4.47. The minimum absolute atomic E-state index is 0.109. The number of benzene rings is 1. The summed E-state index contributed by atoms with van der Waals surface area (Å²) in [5, 5.41) is 9.39. The molecule has 0 aliphatic heterocycles. The molecule has 1 aliphatic rings. The minimum atomic E-state index is -0.191. The van der Waals surface area contributed by atoms with Crippen LogP contribution in [-0.2, 0) is 17.6 Å². The highest BCUT2D eigenvalue weighted by Crippen LogP contribution is 2.32. The molecule has 1 aliphatic carbocycles. The van der Waals surface area contributed by atoms with Crippen LogP contribution in [0.15, 0.2) is 47.8 Å². The van der Waals surface area contributed by atoms with Crippen LogP contribution >= 0.6 is 0 Å². The van der Waals surface area contributed by atoms with Crippen molar-refractivity contribution >= 4 is 5.91 Å². The van der Waals surface area contributed by atoms with E-state index in [1.165, 1.54) is 23.3 Å². The van der Waals surface area contributed by atoms with Gasteiger partial charge in [0.25, 0.3) is 5.56 Å². The second kappa shape index (κ2) is 7.25. The van der Waals surface area contributed by atoms with Gasteiger partial charge in [-0.1, -0.05) is 18.7 Å². The zero-order valence-electron chi connectivity index (χ0n) is 13.5. The average molecular weight is 323 g/mol. The van der Waals surface area contributed by atoms with Gasteiger partial charge in [-0.2, -0.15) is 5.10 Å². The van der Waals surface area contributed by atoms with E-state index >= 15 is 0 Å². The molecule has 5 nitrogen and oxygen atoms in total. The van der Waals surface area contributed by atoms with Crippen molar-refractivity contribution in [2.24, 2.45) is 5.92 Å². The van der Waals surface area contributed by atoms with Crippen molar-refractivity contribution in [2.75, 3.05) is 6.54 Å². The van der Waals surface area contributed by atoms with Crippen LogP contribution in [0, 0.1) is 5.92 Å². The van der Waals surface area contributed by atoms with Gasteiger partial charge in [-0.3, -0.25) is 9.59 Å². The predicted molar refractivity (Wildman–Crippen MR) is 93.6 cm³/mol. The van der Waals surface area contributed by atoms with Gasteiger partial charge in [-0.25, -0.2) is 5.10 Å². The van der Waals surface area contributed by atoms with Crippen LogP contribution in [0.3, 0.4) is 0 Å². The van der Waals surface area contributed by atoms with E-state index in [4.69, 9.17) is 0 Å². The lowest BCUT2D eigenvalue weighted by molar-refractivity contribution is -0.116. The van der Waals surface area contributed by atoms with E-state index in [9.17, 15) is 9.59 Å². The van der Waals surface area contributed by atoms with Crippen LogP contribution in [0.1, 0.15) is 24.0 Å². The third kappa shape index (κ3) is 3.79. The Morgan fingerprint density at radius 1 is 1.29 bits per heavy atom. The molecule has 5 heteroatoms. The standard InChI is InChI=1S/C19H21N3O2/c1-2-18(23)20-9-3-4-13-10-14-5-6-15(12-16(14)11-13)17-7-8-19(24)22-21-17/h2,5-8,12-13H,1,3-4,9-11H2,(H,20,23)(H,22,24). The van der Waals surface area contributed by atoms with Crippen LogP contribution in [0.25, 0.3) is 11.3 Å². The van der Waals surface area contributed by atoms with Crippen molar-refractivity contribution in [1.82, 2.24) is 15.5 Å². The van der Waals surface area contributed by atoms with Crippen LogP contribution in [0.5, 0.6) is 0 Å². The smallest absolute Gasteiger partial charge is 0.264 e. The molecule has 1 atom stereocenters. The lowest BCUT2D eigenvalue weighted by Gasteiger charge is -2.08. The molecular weight excluding hydrogens is 302 g/mol. The molecule has 2 aromatic rings. The third-order valence-corrected chi connectivity index (χ3v) is 4.47. The summed E-state index contributed by atoms with van der Waals surface area (Å²) in [5.74, 6) is 0.516. The first-order valence-electron chi connectivity index (χ1n) is 8.24. The lowest BCUT2D eigenvalue weighted by atomic mass is 10.00. The van der Waals surface area contributed by atoms with E-state index in [-0.39, 0.29) is 11.5 Å². The second-order valence-electron chi connectivity index (χ2n) is 6.20. The molecule has 0 saturated carbocycles. The minimum Gasteiger partial charge on any atom is -0.353 e. The Balaban J connectivity index is 1.59. The molecule has 124 valence electrons. The number of fused-ring (bicyclic) bond motifs is 1. The Bertz CT molecular complexity index is 790. The molecule has 3 rings (SSSR count). The SMILES string of the molecule is C=CC(=O)NCCCC1Cc2ccc(-c3ccc(=O)[nH]n3)cc2C1. The van der Waals surface area contributed by atoms with E-state index in [1.54, 1.807) is 6.07 Å². The Morgan fingerprint density at radius 2 is 2.12 bits per heavy atom. The molecule has 0 radical (unpaired) electrons. The van der Waals surface area contributed by atoms with Crippen molar-refractivity contribution in [3.63, 3.8) is 0 Å². The first-order chi connectivity index (χ1) is 11.7. The Hall–Kier alpha value is -2.69. The molecule has 0 saturated heterocycles. The van der Waals surface area contributed by atoms with E-state index in [0.29, 0.717) is 12.5 Å². The summed E-state index contributed by atoms with van der Waals surface area (Å²) in [4.78, 5) is 22.2. The van der Waals surface area contributed by atoms with Crippen molar-refractivity contribution < 1.29 is 4.79 Å². The van der Waals surface area contributed by atoms with Crippen molar-refractivity contribution in [3.05, 3.63) is 64.5 Å². The summed E-state index contributed by atoms with van der Waals surface area (Å²) in [6.45, 7) is 4.14. The number of nitrogens with zero attached hydrogens (tertiary/aromatic N) is 1. The number of carbonyl (C=O) groups is 1. The molecule has 1 aromatic heterocycles. The van der Waals surface area contributed by atoms with Gasteiger partial charge in [0.2, 0.25) is 5.91 Å². The highest BCUT2D eigenvalue weighted by molar-refractivity contribution is 5.86. The monoisotopic (exact) mass is 323 g/mol. The number of aromatic amines is 1. The molecule has 1 amide bonds. The van der Waals surface area contributed by atoms with Gasteiger partial charge in [0.1, 0.15) is 0 Å². The molecule has 0 spiro atoms. The zero-order valence-corrected chi connectivity index (χ0v) is 13.5. The number of hydrogen-bond acceptors (Lipinski definition) is 3. The molecule has 1 aromatic carbocycles. The first-order valence-corrected chi connectivity index (χ1v) is 8.24.